The van der Waals surface area contributed by atoms with Crippen LogP contribution in [0.15, 0.2) is 30.5 Å². The van der Waals surface area contributed by atoms with Crippen LogP contribution < -0.4 is 5.32 Å². The fourth-order valence-corrected chi connectivity index (χ4v) is 2.77. The first kappa shape index (κ1) is 12.4. The van der Waals surface area contributed by atoms with Crippen LogP contribution in [0.2, 0.25) is 5.28 Å². The predicted octanol–water partition coefficient (Wildman–Crippen LogP) is 3.93. The van der Waals surface area contributed by atoms with E-state index in [1.807, 2.05) is 6.92 Å². The summed E-state index contributed by atoms with van der Waals surface area (Å²) in [4.78, 5) is 8.27. The van der Waals surface area contributed by atoms with Gasteiger partial charge in [0.05, 0.1) is 6.04 Å². The normalized spacial score (nSPS) is 17.9. The van der Waals surface area contributed by atoms with Gasteiger partial charge in [-0.2, -0.15) is 0 Å². The zero-order valence-corrected chi connectivity index (χ0v) is 11.6. The average Bonchev–Trinajstić information content (AvgIpc) is 2.43. The predicted molar refractivity (Wildman–Crippen MR) is 77.5 cm³/mol. The lowest BCUT2D eigenvalue weighted by Gasteiger charge is -2.27. The number of benzene rings is 1. The Hall–Kier alpha value is -1.61. The maximum Gasteiger partial charge on any atom is 0.224 e. The number of anilines is 1. The molecule has 1 aromatic heterocycles. The van der Waals surface area contributed by atoms with Crippen molar-refractivity contribution in [3.8, 4) is 0 Å². The Morgan fingerprint density at radius 2 is 2.16 bits per heavy atom. The van der Waals surface area contributed by atoms with Crippen LogP contribution in [0.5, 0.6) is 0 Å². The van der Waals surface area contributed by atoms with E-state index < -0.39 is 0 Å². The Morgan fingerprint density at radius 1 is 1.32 bits per heavy atom. The van der Waals surface area contributed by atoms with Gasteiger partial charge in [-0.1, -0.05) is 24.3 Å². The highest BCUT2D eigenvalue weighted by atomic mass is 35.5. The first-order valence-electron chi connectivity index (χ1n) is 6.57. The fraction of sp³-hybridized carbons (Fsp3) is 0.333. The minimum atomic E-state index is 0.289. The summed E-state index contributed by atoms with van der Waals surface area (Å²) < 4.78 is 0. The van der Waals surface area contributed by atoms with E-state index in [1.54, 1.807) is 6.20 Å². The van der Waals surface area contributed by atoms with Crippen molar-refractivity contribution in [3.05, 3.63) is 52.4 Å². The van der Waals surface area contributed by atoms with E-state index in [2.05, 4.69) is 39.6 Å². The van der Waals surface area contributed by atoms with E-state index in [9.17, 15) is 0 Å². The fourth-order valence-electron chi connectivity index (χ4n) is 2.64. The van der Waals surface area contributed by atoms with Gasteiger partial charge in [0.15, 0.2) is 0 Å². The summed E-state index contributed by atoms with van der Waals surface area (Å²) in [7, 11) is 0. The summed E-state index contributed by atoms with van der Waals surface area (Å²) in [5.41, 5.74) is 3.83. The second-order valence-electron chi connectivity index (χ2n) is 4.96. The van der Waals surface area contributed by atoms with Gasteiger partial charge in [-0.3, -0.25) is 0 Å². The van der Waals surface area contributed by atoms with Crippen molar-refractivity contribution in [1.82, 2.24) is 9.97 Å². The minimum absolute atomic E-state index is 0.289. The van der Waals surface area contributed by atoms with Gasteiger partial charge in [-0.05, 0) is 48.9 Å². The molecule has 1 N–H and O–H groups in total. The summed E-state index contributed by atoms with van der Waals surface area (Å²) in [6, 6.07) is 8.93. The van der Waals surface area contributed by atoms with Crippen molar-refractivity contribution in [2.24, 2.45) is 0 Å². The molecule has 0 saturated heterocycles. The van der Waals surface area contributed by atoms with Crippen LogP contribution in [-0.4, -0.2) is 9.97 Å². The second-order valence-corrected chi connectivity index (χ2v) is 5.30. The minimum Gasteiger partial charge on any atom is -0.363 e. The summed E-state index contributed by atoms with van der Waals surface area (Å²) >= 11 is 5.87. The SMILES string of the molecule is Cc1cnc(Cl)nc1NC1CCCc2ccccc21. The maximum absolute atomic E-state index is 5.87. The molecule has 2 aromatic rings. The second kappa shape index (κ2) is 5.17. The molecule has 1 aliphatic rings. The van der Waals surface area contributed by atoms with Crippen molar-refractivity contribution < 1.29 is 0 Å². The van der Waals surface area contributed by atoms with Crippen molar-refractivity contribution in [3.63, 3.8) is 0 Å². The number of aromatic nitrogens is 2. The highest BCUT2D eigenvalue weighted by Gasteiger charge is 2.20. The summed E-state index contributed by atoms with van der Waals surface area (Å²) in [6.07, 6.45) is 5.24. The van der Waals surface area contributed by atoms with Crippen LogP contribution in [0.1, 0.15) is 35.6 Å². The van der Waals surface area contributed by atoms with Gasteiger partial charge in [0.2, 0.25) is 5.28 Å². The number of hydrogen-bond donors (Lipinski definition) is 1. The molecule has 4 heteroatoms. The van der Waals surface area contributed by atoms with Gasteiger partial charge < -0.3 is 5.32 Å². The molecule has 0 saturated carbocycles. The van der Waals surface area contributed by atoms with Gasteiger partial charge in [0.25, 0.3) is 0 Å². The Labute approximate surface area is 118 Å². The highest BCUT2D eigenvalue weighted by Crippen LogP contribution is 2.32. The first-order chi connectivity index (χ1) is 9.24. The van der Waals surface area contributed by atoms with E-state index in [4.69, 9.17) is 11.6 Å². The molecule has 3 nitrogen and oxygen atoms in total. The van der Waals surface area contributed by atoms with Crippen LogP contribution in [0.4, 0.5) is 5.82 Å². The van der Waals surface area contributed by atoms with Gasteiger partial charge in [0, 0.05) is 11.8 Å². The van der Waals surface area contributed by atoms with Gasteiger partial charge in [-0.25, -0.2) is 9.97 Å². The lowest BCUT2D eigenvalue weighted by atomic mass is 9.88. The Morgan fingerprint density at radius 3 is 3.05 bits per heavy atom. The largest absolute Gasteiger partial charge is 0.363 e. The number of nitrogens with one attached hydrogen (secondary N) is 1. The molecule has 1 unspecified atom stereocenters. The third kappa shape index (κ3) is 2.56. The quantitative estimate of drug-likeness (QED) is 0.843. The number of fused-ring (bicyclic) bond motifs is 1. The van der Waals surface area contributed by atoms with Crippen LogP contribution in [0, 0.1) is 6.92 Å². The Bertz CT molecular complexity index is 598. The van der Waals surface area contributed by atoms with E-state index >= 15 is 0 Å². The molecule has 1 aromatic carbocycles. The van der Waals surface area contributed by atoms with Crippen molar-refractivity contribution >= 4 is 17.4 Å². The standard InChI is InChI=1S/C15H16ClN3/c1-10-9-17-15(16)19-14(10)18-13-8-4-6-11-5-2-3-7-12(11)13/h2-3,5,7,9,13H,4,6,8H2,1H3,(H,17,18,19). The van der Waals surface area contributed by atoms with Crippen molar-refractivity contribution in [2.75, 3.05) is 5.32 Å². The molecule has 0 fully saturated rings. The van der Waals surface area contributed by atoms with Crippen molar-refractivity contribution in [1.29, 1.82) is 0 Å². The van der Waals surface area contributed by atoms with Crippen LogP contribution >= 0.6 is 11.6 Å². The monoisotopic (exact) mass is 273 g/mol. The number of halogens is 1. The number of hydrogen-bond acceptors (Lipinski definition) is 3. The van der Waals surface area contributed by atoms with E-state index in [0.717, 1.165) is 24.2 Å². The number of nitrogens with zero attached hydrogens (tertiary/aromatic N) is 2. The molecule has 1 heterocycles. The molecular formula is C15H16ClN3. The van der Waals surface area contributed by atoms with E-state index in [-0.39, 0.29) is 5.28 Å². The van der Waals surface area contributed by atoms with Crippen LogP contribution in [0.3, 0.4) is 0 Å². The zero-order chi connectivity index (χ0) is 13.2. The number of rotatable bonds is 2. The first-order valence-corrected chi connectivity index (χ1v) is 6.95. The maximum atomic E-state index is 5.87. The zero-order valence-electron chi connectivity index (χ0n) is 10.9. The molecule has 1 atom stereocenters. The Kier molecular flexibility index (Phi) is 3.38. The third-order valence-corrected chi connectivity index (χ3v) is 3.80. The van der Waals surface area contributed by atoms with Crippen LogP contribution in [0.25, 0.3) is 0 Å². The average molecular weight is 274 g/mol. The molecule has 0 radical (unpaired) electrons. The summed E-state index contributed by atoms with van der Waals surface area (Å²) in [6.45, 7) is 1.99. The molecule has 19 heavy (non-hydrogen) atoms. The van der Waals surface area contributed by atoms with E-state index in [1.165, 1.54) is 17.5 Å². The lowest BCUT2D eigenvalue weighted by molar-refractivity contribution is 0.598. The molecule has 0 spiro atoms. The lowest BCUT2D eigenvalue weighted by Crippen LogP contribution is -2.18. The van der Waals surface area contributed by atoms with Gasteiger partial charge in [0.1, 0.15) is 5.82 Å². The van der Waals surface area contributed by atoms with E-state index in [0.29, 0.717) is 6.04 Å². The molecular weight excluding hydrogens is 258 g/mol. The molecule has 0 bridgehead atoms. The van der Waals surface area contributed by atoms with Gasteiger partial charge >= 0.3 is 0 Å². The molecule has 1 aliphatic carbocycles. The van der Waals surface area contributed by atoms with Gasteiger partial charge in [-0.15, -0.1) is 0 Å². The number of aryl methyl sites for hydroxylation is 2. The highest BCUT2D eigenvalue weighted by molar-refractivity contribution is 6.28. The molecule has 3 rings (SSSR count). The molecule has 98 valence electrons. The smallest absolute Gasteiger partial charge is 0.224 e. The van der Waals surface area contributed by atoms with Crippen molar-refractivity contribution in [2.45, 2.75) is 32.2 Å². The summed E-state index contributed by atoms with van der Waals surface area (Å²) in [5.74, 6) is 0.835. The third-order valence-electron chi connectivity index (χ3n) is 3.62. The summed E-state index contributed by atoms with van der Waals surface area (Å²) in [5, 5.41) is 3.80. The molecule has 0 aliphatic heterocycles. The Balaban J connectivity index is 1.90. The topological polar surface area (TPSA) is 37.8 Å². The molecule has 0 amide bonds. The van der Waals surface area contributed by atoms with Crippen LogP contribution in [-0.2, 0) is 6.42 Å².